The molecule has 7 nitrogen and oxygen atoms in total. The van der Waals surface area contributed by atoms with Crippen LogP contribution in [0.5, 0.6) is 0 Å². The first-order valence-electron chi connectivity index (χ1n) is 7.66. The van der Waals surface area contributed by atoms with Crippen LogP contribution in [0.3, 0.4) is 0 Å². The highest BCUT2D eigenvalue weighted by Crippen LogP contribution is 2.22. The standard InChI is InChI=1S/C16H23N3O4S/c1-5-9-19(10-8-13(20)22-6-2)14-12(15(21)23-7-3)11-17-16(18-14)24-4/h5,11H,1,6-10H2,2-4H3. The van der Waals surface area contributed by atoms with E-state index in [1.807, 2.05) is 6.26 Å². The van der Waals surface area contributed by atoms with Gasteiger partial charge in [-0.05, 0) is 20.1 Å². The van der Waals surface area contributed by atoms with E-state index in [1.54, 1.807) is 24.8 Å². The van der Waals surface area contributed by atoms with Crippen molar-refractivity contribution >= 4 is 29.5 Å². The molecule has 0 aliphatic carbocycles. The molecule has 0 aliphatic heterocycles. The Labute approximate surface area is 146 Å². The lowest BCUT2D eigenvalue weighted by Gasteiger charge is -2.23. The zero-order valence-corrected chi connectivity index (χ0v) is 15.1. The summed E-state index contributed by atoms with van der Waals surface area (Å²) < 4.78 is 10.0. The van der Waals surface area contributed by atoms with Gasteiger partial charge in [-0.15, -0.1) is 6.58 Å². The van der Waals surface area contributed by atoms with Crippen LogP contribution < -0.4 is 4.90 Å². The van der Waals surface area contributed by atoms with Crippen molar-refractivity contribution in [3.05, 3.63) is 24.4 Å². The molecule has 0 atom stereocenters. The Balaban J connectivity index is 3.11. The zero-order chi connectivity index (χ0) is 17.9. The van der Waals surface area contributed by atoms with Gasteiger partial charge in [0.15, 0.2) is 5.16 Å². The van der Waals surface area contributed by atoms with Crippen LogP contribution in [0, 0.1) is 0 Å². The molecule has 1 aromatic heterocycles. The number of carbonyl (C=O) groups is 2. The number of hydrogen-bond acceptors (Lipinski definition) is 8. The van der Waals surface area contributed by atoms with Gasteiger partial charge in [0.25, 0.3) is 0 Å². The molecule has 132 valence electrons. The Kier molecular flexibility index (Phi) is 8.85. The average molecular weight is 353 g/mol. The molecule has 0 spiro atoms. The average Bonchev–Trinajstić information content (AvgIpc) is 2.58. The summed E-state index contributed by atoms with van der Waals surface area (Å²) in [6.07, 6.45) is 5.16. The summed E-state index contributed by atoms with van der Waals surface area (Å²) in [5, 5.41) is 0.531. The number of esters is 2. The van der Waals surface area contributed by atoms with E-state index in [-0.39, 0.29) is 24.6 Å². The van der Waals surface area contributed by atoms with Crippen molar-refractivity contribution in [1.29, 1.82) is 0 Å². The van der Waals surface area contributed by atoms with Gasteiger partial charge in [0.2, 0.25) is 0 Å². The van der Waals surface area contributed by atoms with Crippen molar-refractivity contribution in [3.8, 4) is 0 Å². The van der Waals surface area contributed by atoms with Gasteiger partial charge in [-0.2, -0.15) is 0 Å². The van der Waals surface area contributed by atoms with Crippen molar-refractivity contribution in [1.82, 2.24) is 9.97 Å². The van der Waals surface area contributed by atoms with Gasteiger partial charge < -0.3 is 14.4 Å². The van der Waals surface area contributed by atoms with Gasteiger partial charge in [-0.1, -0.05) is 17.8 Å². The molecule has 0 unspecified atom stereocenters. The van der Waals surface area contributed by atoms with E-state index in [0.717, 1.165) is 0 Å². The maximum atomic E-state index is 12.2. The molecule has 0 saturated carbocycles. The van der Waals surface area contributed by atoms with Gasteiger partial charge >= 0.3 is 11.9 Å². The number of anilines is 1. The molecule has 0 saturated heterocycles. The van der Waals surface area contributed by atoms with Crippen LogP contribution in [0.4, 0.5) is 5.82 Å². The van der Waals surface area contributed by atoms with E-state index in [4.69, 9.17) is 9.47 Å². The van der Waals surface area contributed by atoms with Crippen molar-refractivity contribution in [3.63, 3.8) is 0 Å². The lowest BCUT2D eigenvalue weighted by molar-refractivity contribution is -0.142. The van der Waals surface area contributed by atoms with E-state index in [0.29, 0.717) is 30.7 Å². The topological polar surface area (TPSA) is 81.6 Å². The number of thioether (sulfide) groups is 1. The van der Waals surface area contributed by atoms with E-state index in [1.165, 1.54) is 18.0 Å². The van der Waals surface area contributed by atoms with Gasteiger partial charge in [-0.3, -0.25) is 4.79 Å². The molecule has 24 heavy (non-hydrogen) atoms. The third-order valence-corrected chi connectivity index (χ3v) is 3.53. The molecule has 1 rings (SSSR count). The number of carbonyl (C=O) groups excluding carboxylic acids is 2. The van der Waals surface area contributed by atoms with Crippen LogP contribution in [0.25, 0.3) is 0 Å². The van der Waals surface area contributed by atoms with Crippen LogP contribution in [-0.4, -0.2) is 54.5 Å². The Bertz CT molecular complexity index is 580. The largest absolute Gasteiger partial charge is 0.466 e. The Morgan fingerprint density at radius 1 is 1.33 bits per heavy atom. The van der Waals surface area contributed by atoms with Gasteiger partial charge in [-0.25, -0.2) is 14.8 Å². The number of rotatable bonds is 10. The quantitative estimate of drug-likeness (QED) is 0.274. The summed E-state index contributed by atoms with van der Waals surface area (Å²) in [7, 11) is 0. The molecular weight excluding hydrogens is 330 g/mol. The summed E-state index contributed by atoms with van der Waals surface area (Å²) >= 11 is 1.37. The molecule has 8 heteroatoms. The second-order valence-corrected chi connectivity index (χ2v) is 5.38. The normalized spacial score (nSPS) is 10.1. The van der Waals surface area contributed by atoms with E-state index in [9.17, 15) is 9.59 Å². The molecular formula is C16H23N3O4S. The van der Waals surface area contributed by atoms with Gasteiger partial charge in [0, 0.05) is 19.3 Å². The van der Waals surface area contributed by atoms with Gasteiger partial charge in [0.1, 0.15) is 11.4 Å². The Morgan fingerprint density at radius 3 is 2.62 bits per heavy atom. The smallest absolute Gasteiger partial charge is 0.343 e. The Morgan fingerprint density at radius 2 is 2.04 bits per heavy atom. The summed E-state index contributed by atoms with van der Waals surface area (Å²) in [5.41, 5.74) is 0.264. The van der Waals surface area contributed by atoms with Gasteiger partial charge in [0.05, 0.1) is 19.6 Å². The van der Waals surface area contributed by atoms with Crippen molar-refractivity contribution in [2.24, 2.45) is 0 Å². The summed E-state index contributed by atoms with van der Waals surface area (Å²) in [4.78, 5) is 34.1. The third kappa shape index (κ3) is 5.84. The van der Waals surface area contributed by atoms with Crippen LogP contribution in [0.2, 0.25) is 0 Å². The van der Waals surface area contributed by atoms with Crippen LogP contribution in [0.15, 0.2) is 24.0 Å². The minimum atomic E-state index is -0.495. The maximum Gasteiger partial charge on any atom is 0.343 e. The van der Waals surface area contributed by atoms with Crippen molar-refractivity contribution in [2.45, 2.75) is 25.4 Å². The first kappa shape index (κ1) is 20.0. The molecule has 1 heterocycles. The predicted octanol–water partition coefficient (Wildman–Crippen LogP) is 2.32. The molecule has 0 amide bonds. The minimum absolute atomic E-state index is 0.183. The highest BCUT2D eigenvalue weighted by molar-refractivity contribution is 7.98. The third-order valence-electron chi connectivity index (χ3n) is 2.96. The lowest BCUT2D eigenvalue weighted by atomic mass is 10.2. The number of ether oxygens (including phenoxy) is 2. The maximum absolute atomic E-state index is 12.2. The fourth-order valence-electron chi connectivity index (χ4n) is 1.95. The molecule has 0 fully saturated rings. The summed E-state index contributed by atoms with van der Waals surface area (Å²) in [5.74, 6) is -0.370. The monoisotopic (exact) mass is 353 g/mol. The lowest BCUT2D eigenvalue weighted by Crippen LogP contribution is -2.30. The second kappa shape index (κ2) is 10.6. The van der Waals surface area contributed by atoms with E-state index >= 15 is 0 Å². The summed E-state index contributed by atoms with van der Waals surface area (Å²) in [6.45, 7) is 8.58. The Hall–Kier alpha value is -2.09. The fourth-order valence-corrected chi connectivity index (χ4v) is 2.28. The summed E-state index contributed by atoms with van der Waals surface area (Å²) in [6, 6.07) is 0. The van der Waals surface area contributed by atoms with Crippen molar-refractivity contribution < 1.29 is 19.1 Å². The minimum Gasteiger partial charge on any atom is -0.466 e. The second-order valence-electron chi connectivity index (χ2n) is 4.60. The molecule has 0 bridgehead atoms. The SMILES string of the molecule is C=CCN(CCC(=O)OCC)c1nc(SC)ncc1C(=O)OCC. The molecule has 0 radical (unpaired) electrons. The highest BCUT2D eigenvalue weighted by Gasteiger charge is 2.21. The number of nitrogens with zero attached hydrogens (tertiary/aromatic N) is 3. The first-order chi connectivity index (χ1) is 11.6. The van der Waals surface area contributed by atoms with Crippen LogP contribution >= 0.6 is 11.8 Å². The van der Waals surface area contributed by atoms with E-state index in [2.05, 4.69) is 16.5 Å². The van der Waals surface area contributed by atoms with Crippen LogP contribution in [0.1, 0.15) is 30.6 Å². The molecule has 0 aromatic carbocycles. The van der Waals surface area contributed by atoms with Crippen molar-refractivity contribution in [2.75, 3.05) is 37.5 Å². The zero-order valence-electron chi connectivity index (χ0n) is 14.3. The molecule has 0 aliphatic rings. The fraction of sp³-hybridized carbons (Fsp3) is 0.500. The predicted molar refractivity (Wildman–Crippen MR) is 93.4 cm³/mol. The van der Waals surface area contributed by atoms with Crippen LogP contribution in [-0.2, 0) is 14.3 Å². The first-order valence-corrected chi connectivity index (χ1v) is 8.89. The number of aromatic nitrogens is 2. The van der Waals surface area contributed by atoms with E-state index < -0.39 is 5.97 Å². The number of hydrogen-bond donors (Lipinski definition) is 0. The molecule has 0 N–H and O–H groups in total. The highest BCUT2D eigenvalue weighted by atomic mass is 32.2. The molecule has 1 aromatic rings.